The standard InChI is InChI=1S/C26H24F3N3O4S2/c1-18-22-4-2-3-5-23(22)37-25(18)32(17-19-6-8-20(9-7-19)36-26(27,28)29)38(33,34)21-10-11-24(30-16-21)31-12-14-35-15-13-31/h2-11,16H,12-15,17H2,1H3. The molecule has 5 rings (SSSR count). The van der Waals surface area contributed by atoms with Crippen molar-refractivity contribution in [1.29, 1.82) is 0 Å². The van der Waals surface area contributed by atoms with E-state index in [9.17, 15) is 21.6 Å². The van der Waals surface area contributed by atoms with Gasteiger partial charge in [0.05, 0.1) is 19.8 Å². The number of halogens is 3. The van der Waals surface area contributed by atoms with E-state index >= 15 is 0 Å². The molecule has 0 saturated carbocycles. The molecule has 0 atom stereocenters. The Hall–Kier alpha value is -3.35. The van der Waals surface area contributed by atoms with Crippen LogP contribution >= 0.6 is 11.3 Å². The average Bonchev–Trinajstić information content (AvgIpc) is 3.24. The lowest BCUT2D eigenvalue weighted by Gasteiger charge is -2.28. The molecule has 1 saturated heterocycles. The molecule has 1 aliphatic heterocycles. The van der Waals surface area contributed by atoms with Crippen LogP contribution in [-0.4, -0.2) is 46.1 Å². The maximum Gasteiger partial charge on any atom is 0.573 e. The van der Waals surface area contributed by atoms with Gasteiger partial charge in [-0.3, -0.25) is 4.31 Å². The third kappa shape index (κ3) is 5.57. The van der Waals surface area contributed by atoms with Gasteiger partial charge in [0, 0.05) is 24.0 Å². The Balaban J connectivity index is 1.51. The molecule has 0 radical (unpaired) electrons. The summed E-state index contributed by atoms with van der Waals surface area (Å²) in [5.74, 6) is 0.286. The largest absolute Gasteiger partial charge is 0.573 e. The van der Waals surface area contributed by atoms with Crippen molar-refractivity contribution in [2.45, 2.75) is 24.7 Å². The number of alkyl halides is 3. The number of rotatable bonds is 7. The number of aromatic nitrogens is 1. The second-order valence-corrected chi connectivity index (χ2v) is 11.6. The van der Waals surface area contributed by atoms with Crippen molar-refractivity contribution in [3.05, 3.63) is 78.0 Å². The lowest BCUT2D eigenvalue weighted by atomic mass is 10.2. The van der Waals surface area contributed by atoms with Gasteiger partial charge in [0.25, 0.3) is 10.0 Å². The number of fused-ring (bicyclic) bond motifs is 1. The highest BCUT2D eigenvalue weighted by Gasteiger charge is 2.32. The molecule has 7 nitrogen and oxygen atoms in total. The first kappa shape index (κ1) is 26.3. The Morgan fingerprint density at radius 1 is 1.05 bits per heavy atom. The summed E-state index contributed by atoms with van der Waals surface area (Å²) >= 11 is 1.34. The second kappa shape index (κ2) is 10.4. The van der Waals surface area contributed by atoms with E-state index < -0.39 is 16.4 Å². The zero-order chi connectivity index (χ0) is 26.9. The SMILES string of the molecule is Cc1c(N(Cc2ccc(OC(F)(F)F)cc2)S(=O)(=O)c2ccc(N3CCOCC3)nc2)sc2ccccc12. The Kier molecular flexibility index (Phi) is 7.21. The van der Waals surface area contributed by atoms with E-state index in [1.807, 2.05) is 36.1 Å². The predicted octanol–water partition coefficient (Wildman–Crippen LogP) is 5.74. The maximum absolute atomic E-state index is 14.0. The van der Waals surface area contributed by atoms with Crippen molar-refractivity contribution in [3.8, 4) is 5.75 Å². The number of sulfonamides is 1. The van der Waals surface area contributed by atoms with E-state index in [0.717, 1.165) is 15.6 Å². The molecule has 38 heavy (non-hydrogen) atoms. The Morgan fingerprint density at radius 3 is 2.39 bits per heavy atom. The van der Waals surface area contributed by atoms with Gasteiger partial charge in [-0.1, -0.05) is 30.3 Å². The summed E-state index contributed by atoms with van der Waals surface area (Å²) in [6.45, 7) is 4.26. The molecule has 0 amide bonds. The van der Waals surface area contributed by atoms with E-state index in [1.54, 1.807) is 6.07 Å². The zero-order valence-corrected chi connectivity index (χ0v) is 21.9. The Morgan fingerprint density at radius 2 is 1.76 bits per heavy atom. The summed E-state index contributed by atoms with van der Waals surface area (Å²) < 4.78 is 77.3. The number of ether oxygens (including phenoxy) is 2. The summed E-state index contributed by atoms with van der Waals surface area (Å²) in [6, 6.07) is 16.0. The van der Waals surface area contributed by atoms with Gasteiger partial charge in [-0.15, -0.1) is 24.5 Å². The molecule has 200 valence electrons. The first-order valence-electron chi connectivity index (χ1n) is 11.8. The number of anilines is 2. The summed E-state index contributed by atoms with van der Waals surface area (Å²) in [7, 11) is -4.08. The van der Waals surface area contributed by atoms with E-state index in [-0.39, 0.29) is 17.2 Å². The third-order valence-corrected chi connectivity index (χ3v) is 9.31. The van der Waals surface area contributed by atoms with Crippen LogP contribution in [0.5, 0.6) is 5.75 Å². The van der Waals surface area contributed by atoms with Crippen LogP contribution in [0, 0.1) is 6.92 Å². The highest BCUT2D eigenvalue weighted by atomic mass is 32.2. The van der Waals surface area contributed by atoms with Gasteiger partial charge >= 0.3 is 6.36 Å². The fraction of sp³-hybridized carbons (Fsp3) is 0.269. The third-order valence-electron chi connectivity index (χ3n) is 6.17. The summed E-state index contributed by atoms with van der Waals surface area (Å²) in [6.07, 6.45) is -3.47. The van der Waals surface area contributed by atoms with Crippen LogP contribution in [0.1, 0.15) is 11.1 Å². The van der Waals surface area contributed by atoms with Crippen molar-refractivity contribution < 1.29 is 31.1 Å². The predicted molar refractivity (Wildman–Crippen MR) is 140 cm³/mol. The fourth-order valence-electron chi connectivity index (χ4n) is 4.26. The van der Waals surface area contributed by atoms with Gasteiger partial charge in [0.1, 0.15) is 21.5 Å². The molecule has 2 aromatic heterocycles. The van der Waals surface area contributed by atoms with Crippen LogP contribution in [0.25, 0.3) is 10.1 Å². The molecular formula is C26H24F3N3O4S2. The lowest BCUT2D eigenvalue weighted by molar-refractivity contribution is -0.274. The molecule has 0 spiro atoms. The molecule has 0 aliphatic carbocycles. The van der Waals surface area contributed by atoms with E-state index in [2.05, 4.69) is 9.72 Å². The number of aryl methyl sites for hydroxylation is 1. The lowest BCUT2D eigenvalue weighted by Crippen LogP contribution is -2.36. The van der Waals surface area contributed by atoms with E-state index in [1.165, 1.54) is 52.2 Å². The van der Waals surface area contributed by atoms with E-state index in [0.29, 0.717) is 42.7 Å². The molecule has 0 N–H and O–H groups in total. The summed E-state index contributed by atoms with van der Waals surface area (Å²) in [5.41, 5.74) is 1.29. The van der Waals surface area contributed by atoms with Crippen molar-refractivity contribution in [1.82, 2.24) is 4.98 Å². The first-order valence-corrected chi connectivity index (χ1v) is 14.0. The molecule has 2 aromatic carbocycles. The molecule has 0 bridgehead atoms. The quantitative estimate of drug-likeness (QED) is 0.286. The van der Waals surface area contributed by atoms with Crippen molar-refractivity contribution in [2.75, 3.05) is 35.5 Å². The fourth-order valence-corrected chi connectivity index (χ4v) is 7.14. The van der Waals surface area contributed by atoms with Crippen LogP contribution in [0.15, 0.2) is 71.8 Å². The second-order valence-electron chi connectivity index (χ2n) is 8.68. The molecule has 12 heteroatoms. The minimum atomic E-state index is -4.81. The van der Waals surface area contributed by atoms with Gasteiger partial charge in [-0.05, 0) is 53.8 Å². The van der Waals surface area contributed by atoms with Crippen LogP contribution in [0.3, 0.4) is 0 Å². The molecule has 3 heterocycles. The highest BCUT2D eigenvalue weighted by Crippen LogP contribution is 2.40. The van der Waals surface area contributed by atoms with Crippen molar-refractivity contribution in [3.63, 3.8) is 0 Å². The number of pyridine rings is 1. The minimum absolute atomic E-state index is 0.0170. The van der Waals surface area contributed by atoms with Crippen LogP contribution in [0.4, 0.5) is 24.0 Å². The molecule has 1 fully saturated rings. The van der Waals surface area contributed by atoms with Gasteiger partial charge in [-0.25, -0.2) is 13.4 Å². The van der Waals surface area contributed by atoms with E-state index in [4.69, 9.17) is 4.74 Å². The highest BCUT2D eigenvalue weighted by molar-refractivity contribution is 7.93. The monoisotopic (exact) mass is 563 g/mol. The first-order chi connectivity index (χ1) is 18.1. The smallest absolute Gasteiger partial charge is 0.406 e. The Bertz CT molecular complexity index is 1520. The topological polar surface area (TPSA) is 72.0 Å². The number of nitrogens with zero attached hydrogens (tertiary/aromatic N) is 3. The zero-order valence-electron chi connectivity index (χ0n) is 20.3. The number of hydrogen-bond acceptors (Lipinski definition) is 7. The van der Waals surface area contributed by atoms with Gasteiger partial charge in [0.15, 0.2) is 0 Å². The van der Waals surface area contributed by atoms with Gasteiger partial charge in [-0.2, -0.15) is 0 Å². The van der Waals surface area contributed by atoms with Crippen molar-refractivity contribution >= 4 is 42.3 Å². The number of thiophene rings is 1. The van der Waals surface area contributed by atoms with Gasteiger partial charge < -0.3 is 14.4 Å². The molecule has 4 aromatic rings. The average molecular weight is 564 g/mol. The molecule has 0 unspecified atom stereocenters. The van der Waals surface area contributed by atoms with Crippen LogP contribution < -0.4 is 13.9 Å². The van der Waals surface area contributed by atoms with Crippen LogP contribution in [0.2, 0.25) is 0 Å². The molecule has 1 aliphatic rings. The maximum atomic E-state index is 14.0. The number of hydrogen-bond donors (Lipinski definition) is 0. The summed E-state index contributed by atoms with van der Waals surface area (Å²) in [4.78, 5) is 6.45. The summed E-state index contributed by atoms with van der Waals surface area (Å²) in [5, 5.41) is 1.46. The van der Waals surface area contributed by atoms with Gasteiger partial charge in [0.2, 0.25) is 0 Å². The number of benzene rings is 2. The molecular weight excluding hydrogens is 539 g/mol. The Labute approximate surface area is 222 Å². The number of morpholine rings is 1. The van der Waals surface area contributed by atoms with Crippen LogP contribution in [-0.2, 0) is 21.3 Å². The minimum Gasteiger partial charge on any atom is -0.406 e. The normalized spacial score (nSPS) is 14.6. The van der Waals surface area contributed by atoms with Crippen molar-refractivity contribution in [2.24, 2.45) is 0 Å².